The molecule has 2 aliphatic heterocycles. The van der Waals surface area contributed by atoms with Crippen molar-refractivity contribution < 1.29 is 31.1 Å². The smallest absolute Gasteiger partial charge is 0.416 e. The van der Waals surface area contributed by atoms with Crippen LogP contribution in [0.15, 0.2) is 41.3 Å². The van der Waals surface area contributed by atoms with Gasteiger partial charge in [0.2, 0.25) is 0 Å². The van der Waals surface area contributed by atoms with E-state index in [0.717, 1.165) is 44.5 Å². The van der Waals surface area contributed by atoms with Gasteiger partial charge in [-0.3, -0.25) is 9.00 Å². The molecule has 0 aromatic heterocycles. The van der Waals surface area contributed by atoms with Gasteiger partial charge in [-0.05, 0) is 66.7 Å². The Labute approximate surface area is 197 Å². The number of hydrogen-bond donors (Lipinski definition) is 0. The van der Waals surface area contributed by atoms with Crippen LogP contribution >= 0.6 is 0 Å². The molecule has 1 atom stereocenters. The molecule has 2 saturated heterocycles. The Morgan fingerprint density at radius 1 is 0.853 bits per heavy atom. The summed E-state index contributed by atoms with van der Waals surface area (Å²) in [7, 11) is 0. The molecule has 0 aliphatic carbocycles. The third-order valence-corrected chi connectivity index (χ3v) is 6.91. The molecular weight excluding hydrogens is 474 g/mol. The Balaban J connectivity index is 1.51. The van der Waals surface area contributed by atoms with Gasteiger partial charge in [0.1, 0.15) is 5.82 Å². The summed E-state index contributed by atoms with van der Waals surface area (Å²) in [5.74, 6) is -1.28. The number of rotatable bonds is 4. The third kappa shape index (κ3) is 5.20. The number of amides is 1. The fourth-order valence-electron chi connectivity index (χ4n) is 4.46. The van der Waals surface area contributed by atoms with Crippen molar-refractivity contribution in [2.75, 3.05) is 49.1 Å². The van der Waals surface area contributed by atoms with E-state index in [-0.39, 0.29) is 42.7 Å². The maximum Gasteiger partial charge on any atom is 0.416 e. The van der Waals surface area contributed by atoms with Gasteiger partial charge in [0.15, 0.2) is 0 Å². The lowest BCUT2D eigenvalue weighted by Crippen LogP contribution is -2.49. The summed E-state index contributed by atoms with van der Waals surface area (Å²) < 4.78 is 75.9. The van der Waals surface area contributed by atoms with Crippen LogP contribution in [0.1, 0.15) is 35.2 Å². The van der Waals surface area contributed by atoms with Gasteiger partial charge in [-0.2, -0.15) is 13.2 Å². The van der Waals surface area contributed by atoms with E-state index in [1.54, 1.807) is 15.9 Å². The van der Waals surface area contributed by atoms with Gasteiger partial charge in [0.25, 0.3) is 5.91 Å². The van der Waals surface area contributed by atoms with Gasteiger partial charge in [-0.15, -0.1) is 0 Å². The Hall–Kier alpha value is -2.66. The number of alkyl halides is 3. The third-order valence-electron chi connectivity index (χ3n) is 6.27. The highest BCUT2D eigenvalue weighted by molar-refractivity contribution is 7.79. The van der Waals surface area contributed by atoms with Crippen molar-refractivity contribution in [1.29, 1.82) is 0 Å². The van der Waals surface area contributed by atoms with Crippen molar-refractivity contribution >= 4 is 28.4 Å². The lowest BCUT2D eigenvalue weighted by Gasteiger charge is -2.37. The first-order valence-corrected chi connectivity index (χ1v) is 12.1. The zero-order valence-electron chi connectivity index (χ0n) is 18.3. The van der Waals surface area contributed by atoms with Gasteiger partial charge in [0.05, 0.1) is 16.8 Å². The Kier molecular flexibility index (Phi) is 7.13. The van der Waals surface area contributed by atoms with Crippen molar-refractivity contribution in [2.45, 2.75) is 30.3 Å². The van der Waals surface area contributed by atoms with Crippen molar-refractivity contribution in [3.8, 4) is 0 Å². The molecule has 2 fully saturated rings. The minimum atomic E-state index is -4.63. The van der Waals surface area contributed by atoms with Crippen LogP contribution in [0.25, 0.3) is 0 Å². The average molecular weight is 499 g/mol. The second-order valence-corrected chi connectivity index (χ2v) is 9.35. The van der Waals surface area contributed by atoms with E-state index < -0.39 is 28.6 Å². The first kappa shape index (κ1) is 24.5. The molecular formula is C23H24F4N3O3S-. The normalized spacial score (nSPS) is 18.2. The highest BCUT2D eigenvalue weighted by Crippen LogP contribution is 2.33. The molecule has 1 unspecified atom stereocenters. The zero-order valence-corrected chi connectivity index (χ0v) is 19.1. The second-order valence-electron chi connectivity index (χ2n) is 8.40. The number of anilines is 2. The molecule has 184 valence electrons. The van der Waals surface area contributed by atoms with E-state index in [1.165, 1.54) is 12.1 Å². The van der Waals surface area contributed by atoms with Crippen LogP contribution in [0, 0.1) is 5.82 Å². The van der Waals surface area contributed by atoms with Gasteiger partial charge >= 0.3 is 6.18 Å². The number of carbonyl (C=O) groups is 1. The van der Waals surface area contributed by atoms with E-state index in [9.17, 15) is 31.1 Å². The van der Waals surface area contributed by atoms with Crippen LogP contribution in [-0.4, -0.2) is 58.8 Å². The molecule has 6 nitrogen and oxygen atoms in total. The van der Waals surface area contributed by atoms with Crippen LogP contribution in [-0.2, 0) is 17.3 Å². The van der Waals surface area contributed by atoms with Gasteiger partial charge < -0.3 is 19.3 Å². The number of piperazine rings is 1. The molecule has 0 saturated carbocycles. The van der Waals surface area contributed by atoms with Crippen molar-refractivity contribution in [3.05, 3.63) is 53.3 Å². The fraction of sp³-hybridized carbons (Fsp3) is 0.435. The summed E-state index contributed by atoms with van der Waals surface area (Å²) in [4.78, 5) is 18.7. The maximum absolute atomic E-state index is 14.4. The molecule has 2 heterocycles. The van der Waals surface area contributed by atoms with Crippen molar-refractivity contribution in [3.63, 3.8) is 0 Å². The van der Waals surface area contributed by atoms with E-state index in [1.807, 2.05) is 0 Å². The van der Waals surface area contributed by atoms with E-state index in [4.69, 9.17) is 0 Å². The molecule has 0 radical (unpaired) electrons. The molecule has 2 aromatic carbocycles. The molecule has 2 aromatic rings. The van der Waals surface area contributed by atoms with Crippen LogP contribution in [0.3, 0.4) is 0 Å². The molecule has 11 heteroatoms. The fourth-order valence-corrected chi connectivity index (χ4v) is 4.85. The number of benzene rings is 2. The molecule has 2 aliphatic rings. The minimum Gasteiger partial charge on any atom is -0.768 e. The van der Waals surface area contributed by atoms with E-state index >= 15 is 0 Å². The largest absolute Gasteiger partial charge is 0.768 e. The molecule has 0 bridgehead atoms. The topological polar surface area (TPSA) is 66.9 Å². The van der Waals surface area contributed by atoms with Crippen LogP contribution < -0.4 is 9.80 Å². The molecule has 34 heavy (non-hydrogen) atoms. The SMILES string of the molecule is O=C(c1cc(S(=O)[O-])ccc1N1CCCCC1)N1CCN(c2ccc(C(F)(F)F)cc2F)CC1. The van der Waals surface area contributed by atoms with Gasteiger partial charge in [-0.25, -0.2) is 4.39 Å². The number of halogens is 4. The van der Waals surface area contributed by atoms with Gasteiger partial charge in [0, 0.05) is 49.9 Å². The highest BCUT2D eigenvalue weighted by atomic mass is 32.2. The first-order valence-electron chi connectivity index (χ1n) is 11.0. The highest BCUT2D eigenvalue weighted by Gasteiger charge is 2.32. The average Bonchev–Trinajstić information content (AvgIpc) is 2.83. The van der Waals surface area contributed by atoms with E-state index in [2.05, 4.69) is 4.90 Å². The summed E-state index contributed by atoms with van der Waals surface area (Å²) in [5, 5.41) is 0. The maximum atomic E-state index is 14.4. The summed E-state index contributed by atoms with van der Waals surface area (Å²) in [5.41, 5.74) is -0.00539. The van der Waals surface area contributed by atoms with Crippen LogP contribution in [0.2, 0.25) is 0 Å². The number of piperidine rings is 1. The minimum absolute atomic E-state index is 0.0228. The molecule has 0 N–H and O–H groups in total. The monoisotopic (exact) mass is 498 g/mol. The summed E-state index contributed by atoms with van der Waals surface area (Å²) in [6.07, 6.45) is -1.55. The lowest BCUT2D eigenvalue weighted by atomic mass is 10.1. The zero-order chi connectivity index (χ0) is 24.5. The quantitative estimate of drug-likeness (QED) is 0.470. The summed E-state index contributed by atoms with van der Waals surface area (Å²) in [6.45, 7) is 2.48. The number of carbonyl (C=O) groups excluding carboxylic acids is 1. The Morgan fingerprint density at radius 3 is 2.06 bits per heavy atom. The predicted octanol–water partition coefficient (Wildman–Crippen LogP) is 4.04. The van der Waals surface area contributed by atoms with E-state index in [0.29, 0.717) is 17.3 Å². The number of nitrogens with zero attached hydrogens (tertiary/aromatic N) is 3. The Morgan fingerprint density at radius 2 is 1.47 bits per heavy atom. The molecule has 0 spiro atoms. The van der Waals surface area contributed by atoms with Gasteiger partial charge in [-0.1, -0.05) is 0 Å². The second kappa shape index (κ2) is 9.91. The number of hydrogen-bond acceptors (Lipinski definition) is 5. The predicted molar refractivity (Wildman–Crippen MR) is 119 cm³/mol. The van der Waals surface area contributed by atoms with Crippen molar-refractivity contribution in [2.24, 2.45) is 0 Å². The van der Waals surface area contributed by atoms with Crippen LogP contribution in [0.4, 0.5) is 28.9 Å². The van der Waals surface area contributed by atoms with Crippen molar-refractivity contribution in [1.82, 2.24) is 4.90 Å². The Bertz CT molecular complexity index is 1080. The lowest BCUT2D eigenvalue weighted by molar-refractivity contribution is -0.137. The first-order chi connectivity index (χ1) is 16.1. The molecule has 1 amide bonds. The molecule has 4 rings (SSSR count). The summed E-state index contributed by atoms with van der Waals surface area (Å²) >= 11 is -2.48. The standard InChI is InChI=1S/C23H25F4N3O3S/c24-19-14-16(23(25,26)27)4-6-21(19)29-10-12-30(13-11-29)22(31)18-15-17(34(32)33)5-7-20(18)28-8-2-1-3-9-28/h4-7,14-15H,1-3,8-13H2,(H,32,33)/p-1. The summed E-state index contributed by atoms with van der Waals surface area (Å²) in [6, 6.07) is 6.96. The van der Waals surface area contributed by atoms with Crippen LogP contribution in [0.5, 0.6) is 0 Å².